The number of benzene rings is 3. The summed E-state index contributed by atoms with van der Waals surface area (Å²) in [5.74, 6) is -0.269. The Bertz CT molecular complexity index is 969. The van der Waals surface area contributed by atoms with Crippen molar-refractivity contribution in [2.45, 2.75) is 19.8 Å². The van der Waals surface area contributed by atoms with Crippen molar-refractivity contribution in [3.8, 4) is 0 Å². The summed E-state index contributed by atoms with van der Waals surface area (Å²) in [6, 6.07) is 18.1. The molecule has 132 valence electrons. The first-order chi connectivity index (χ1) is 12.6. The van der Waals surface area contributed by atoms with Crippen molar-refractivity contribution in [2.75, 3.05) is 10.6 Å². The van der Waals surface area contributed by atoms with Gasteiger partial charge in [0.1, 0.15) is 0 Å². The molecule has 0 fully saturated rings. The van der Waals surface area contributed by atoms with Crippen LogP contribution in [0.2, 0.25) is 5.02 Å². The number of hydrogen-bond donors (Lipinski definition) is 2. The van der Waals surface area contributed by atoms with Gasteiger partial charge >= 0.3 is 0 Å². The van der Waals surface area contributed by atoms with Crippen LogP contribution in [0.25, 0.3) is 10.8 Å². The van der Waals surface area contributed by atoms with Gasteiger partial charge in [-0.2, -0.15) is 0 Å². The van der Waals surface area contributed by atoms with Crippen LogP contribution in [0.5, 0.6) is 0 Å². The summed E-state index contributed by atoms with van der Waals surface area (Å²) in [6.45, 7) is 1.95. The van der Waals surface area contributed by atoms with E-state index in [1.807, 2.05) is 31.2 Å². The van der Waals surface area contributed by atoms with Gasteiger partial charge in [-0.05, 0) is 42.1 Å². The number of carbonyl (C=O) groups excluding carboxylic acids is 2. The zero-order valence-corrected chi connectivity index (χ0v) is 15.1. The fraction of sp³-hybridized carbons (Fsp3) is 0.143. The second-order valence-corrected chi connectivity index (χ2v) is 6.38. The van der Waals surface area contributed by atoms with Gasteiger partial charge in [-0.25, -0.2) is 0 Å². The topological polar surface area (TPSA) is 58.2 Å². The summed E-state index contributed by atoms with van der Waals surface area (Å²) < 4.78 is 0. The molecule has 0 aliphatic heterocycles. The fourth-order valence-corrected chi connectivity index (χ4v) is 3.03. The normalized spacial score (nSPS) is 10.5. The van der Waals surface area contributed by atoms with Gasteiger partial charge in [0.25, 0.3) is 5.91 Å². The van der Waals surface area contributed by atoms with Crippen LogP contribution < -0.4 is 10.6 Å². The van der Waals surface area contributed by atoms with Crippen LogP contribution in [-0.2, 0) is 4.79 Å². The Balaban J connectivity index is 1.83. The molecule has 5 heteroatoms. The van der Waals surface area contributed by atoms with Gasteiger partial charge in [0.05, 0.1) is 0 Å². The Hall–Kier alpha value is -2.85. The van der Waals surface area contributed by atoms with Gasteiger partial charge in [-0.3, -0.25) is 9.59 Å². The summed E-state index contributed by atoms with van der Waals surface area (Å²) in [5.41, 5.74) is 1.82. The van der Waals surface area contributed by atoms with E-state index in [-0.39, 0.29) is 11.8 Å². The highest BCUT2D eigenvalue weighted by Gasteiger charge is 2.12. The Kier molecular flexibility index (Phi) is 5.54. The molecule has 0 atom stereocenters. The molecule has 0 unspecified atom stereocenters. The molecule has 3 aromatic rings. The molecule has 0 aliphatic rings. The second-order valence-electron chi connectivity index (χ2n) is 5.97. The highest BCUT2D eigenvalue weighted by Crippen LogP contribution is 2.26. The Labute approximate surface area is 157 Å². The van der Waals surface area contributed by atoms with Crippen LogP contribution in [0.4, 0.5) is 11.4 Å². The number of rotatable bonds is 5. The Morgan fingerprint density at radius 3 is 2.31 bits per heavy atom. The van der Waals surface area contributed by atoms with E-state index in [0.29, 0.717) is 28.4 Å². The molecule has 0 radical (unpaired) electrons. The third-order valence-electron chi connectivity index (χ3n) is 3.99. The maximum Gasteiger partial charge on any atom is 0.256 e. The molecule has 3 aromatic carbocycles. The molecule has 0 aromatic heterocycles. The quantitative estimate of drug-likeness (QED) is 0.627. The molecule has 0 spiro atoms. The van der Waals surface area contributed by atoms with E-state index in [2.05, 4.69) is 10.6 Å². The van der Waals surface area contributed by atoms with Crippen molar-refractivity contribution >= 4 is 45.6 Å². The molecular formula is C21H19ClN2O2. The maximum atomic E-state index is 12.7. The molecule has 0 saturated carbocycles. The second kappa shape index (κ2) is 8.02. The molecule has 2 N–H and O–H groups in total. The lowest BCUT2D eigenvalue weighted by Gasteiger charge is -2.10. The Morgan fingerprint density at radius 1 is 0.885 bits per heavy atom. The lowest BCUT2D eigenvalue weighted by molar-refractivity contribution is -0.116. The van der Waals surface area contributed by atoms with Crippen molar-refractivity contribution in [1.29, 1.82) is 0 Å². The van der Waals surface area contributed by atoms with E-state index >= 15 is 0 Å². The van der Waals surface area contributed by atoms with Gasteiger partial charge in [0.15, 0.2) is 0 Å². The van der Waals surface area contributed by atoms with Gasteiger partial charge in [0.2, 0.25) is 5.91 Å². The van der Waals surface area contributed by atoms with Crippen molar-refractivity contribution in [1.82, 2.24) is 0 Å². The largest absolute Gasteiger partial charge is 0.326 e. The number of halogens is 1. The molecule has 4 nitrogen and oxygen atoms in total. The molecule has 0 heterocycles. The lowest BCUT2D eigenvalue weighted by atomic mass is 10.0. The number of hydrogen-bond acceptors (Lipinski definition) is 2. The first-order valence-electron chi connectivity index (χ1n) is 8.47. The molecule has 3 rings (SSSR count). The van der Waals surface area contributed by atoms with Crippen LogP contribution in [0.1, 0.15) is 30.1 Å². The van der Waals surface area contributed by atoms with E-state index in [4.69, 9.17) is 11.6 Å². The average molecular weight is 367 g/mol. The van der Waals surface area contributed by atoms with E-state index in [0.717, 1.165) is 17.2 Å². The van der Waals surface area contributed by atoms with Crippen molar-refractivity contribution in [3.63, 3.8) is 0 Å². The van der Waals surface area contributed by atoms with E-state index < -0.39 is 0 Å². The maximum absolute atomic E-state index is 12.7. The number of anilines is 2. The third-order valence-corrected chi connectivity index (χ3v) is 4.32. The minimum Gasteiger partial charge on any atom is -0.326 e. The van der Waals surface area contributed by atoms with Crippen LogP contribution in [0.15, 0.2) is 60.7 Å². The fourth-order valence-electron chi connectivity index (χ4n) is 2.79. The highest BCUT2D eigenvalue weighted by molar-refractivity contribution is 6.36. The number of fused-ring (bicyclic) bond motifs is 1. The summed E-state index contributed by atoms with van der Waals surface area (Å²) in [7, 11) is 0. The first-order valence-corrected chi connectivity index (χ1v) is 8.85. The number of carbonyl (C=O) groups is 2. The van der Waals surface area contributed by atoms with Gasteiger partial charge in [-0.15, -0.1) is 0 Å². The van der Waals surface area contributed by atoms with Crippen LogP contribution in [0.3, 0.4) is 0 Å². The number of amides is 2. The first kappa shape index (κ1) is 18.0. The van der Waals surface area contributed by atoms with Gasteiger partial charge in [-0.1, -0.05) is 48.9 Å². The van der Waals surface area contributed by atoms with Gasteiger partial charge < -0.3 is 10.6 Å². The molecule has 0 aliphatic carbocycles. The van der Waals surface area contributed by atoms with Crippen molar-refractivity contribution in [2.24, 2.45) is 0 Å². The summed E-state index contributed by atoms with van der Waals surface area (Å²) in [6.07, 6.45) is 1.25. The minimum atomic E-state index is -0.227. The SMILES string of the molecule is CCCC(=O)Nc1cccc(NC(=O)c2cccc3c(Cl)cccc23)c1. The predicted octanol–water partition coefficient (Wildman–Crippen LogP) is 5.48. The smallest absolute Gasteiger partial charge is 0.256 e. The summed E-state index contributed by atoms with van der Waals surface area (Å²) >= 11 is 6.22. The summed E-state index contributed by atoms with van der Waals surface area (Å²) in [5, 5.41) is 7.95. The predicted molar refractivity (Wildman–Crippen MR) is 107 cm³/mol. The van der Waals surface area contributed by atoms with Gasteiger partial charge in [0, 0.05) is 33.8 Å². The number of nitrogens with one attached hydrogen (secondary N) is 2. The average Bonchev–Trinajstić information content (AvgIpc) is 2.62. The monoisotopic (exact) mass is 366 g/mol. The standard InChI is InChI=1S/C21H19ClN2O2/c1-2-6-20(25)23-14-7-3-8-15(13-14)24-21(26)18-11-4-10-17-16(18)9-5-12-19(17)22/h3-5,7-13H,2,6H2,1H3,(H,23,25)(H,24,26). The van der Waals surface area contributed by atoms with Crippen molar-refractivity contribution in [3.05, 3.63) is 71.2 Å². The van der Waals surface area contributed by atoms with Crippen LogP contribution in [-0.4, -0.2) is 11.8 Å². The van der Waals surface area contributed by atoms with E-state index in [1.165, 1.54) is 0 Å². The van der Waals surface area contributed by atoms with Crippen molar-refractivity contribution < 1.29 is 9.59 Å². The molecular weight excluding hydrogens is 348 g/mol. The zero-order valence-electron chi connectivity index (χ0n) is 14.4. The van der Waals surface area contributed by atoms with E-state index in [9.17, 15) is 9.59 Å². The zero-order chi connectivity index (χ0) is 18.5. The van der Waals surface area contributed by atoms with Crippen LogP contribution in [0, 0.1) is 0 Å². The molecule has 0 bridgehead atoms. The Morgan fingerprint density at radius 2 is 1.54 bits per heavy atom. The molecule has 26 heavy (non-hydrogen) atoms. The molecule has 2 amide bonds. The summed E-state index contributed by atoms with van der Waals surface area (Å²) in [4.78, 5) is 24.5. The third kappa shape index (κ3) is 4.03. The lowest BCUT2D eigenvalue weighted by Crippen LogP contribution is -2.14. The molecule has 0 saturated heterocycles. The van der Waals surface area contributed by atoms with Crippen LogP contribution >= 0.6 is 11.6 Å². The van der Waals surface area contributed by atoms with E-state index in [1.54, 1.807) is 36.4 Å². The highest BCUT2D eigenvalue weighted by atomic mass is 35.5. The minimum absolute atomic E-state index is 0.0420.